The number of nitrogens with one attached hydrogen (secondary N) is 2. The van der Waals surface area contributed by atoms with Crippen LogP contribution in [0.1, 0.15) is 20.3 Å². The lowest BCUT2D eigenvalue weighted by Gasteiger charge is -2.27. The molecule has 0 aromatic carbocycles. The van der Waals surface area contributed by atoms with Crippen LogP contribution in [0.2, 0.25) is 0 Å². The summed E-state index contributed by atoms with van der Waals surface area (Å²) in [5.74, 6) is 1.66. The molecule has 5 heteroatoms. The van der Waals surface area contributed by atoms with Gasteiger partial charge in [0.15, 0.2) is 5.82 Å². The molecule has 0 radical (unpaired) electrons. The molecule has 0 spiro atoms. The fourth-order valence-electron chi connectivity index (χ4n) is 1.85. The minimum Gasteiger partial charge on any atom is -0.481 e. The van der Waals surface area contributed by atoms with E-state index in [1.54, 1.807) is 19.2 Å². The van der Waals surface area contributed by atoms with Gasteiger partial charge in [-0.05, 0) is 18.4 Å². The summed E-state index contributed by atoms with van der Waals surface area (Å²) in [6.07, 6.45) is 0.782. The summed E-state index contributed by atoms with van der Waals surface area (Å²) < 4.78 is 5.06. The number of ether oxygens (including phenoxy) is 1. The Morgan fingerprint density at radius 2 is 2.24 bits per heavy atom. The average Bonchev–Trinajstić information content (AvgIpc) is 2.29. The van der Waals surface area contributed by atoms with Gasteiger partial charge < -0.3 is 15.4 Å². The van der Waals surface area contributed by atoms with Crippen LogP contribution in [-0.2, 0) is 4.79 Å². The predicted octanol–water partition coefficient (Wildman–Crippen LogP) is 1.87. The maximum absolute atomic E-state index is 11.8. The quantitative estimate of drug-likeness (QED) is 0.839. The average molecular weight is 235 g/mol. The number of carbonyl (C=O) groups excluding carboxylic acids is 1. The zero-order valence-electron chi connectivity index (χ0n) is 10.3. The second-order valence-electron chi connectivity index (χ2n) is 4.57. The lowest BCUT2D eigenvalue weighted by Crippen LogP contribution is -2.40. The lowest BCUT2D eigenvalue weighted by atomic mass is 10.0. The molecule has 0 bridgehead atoms. The van der Waals surface area contributed by atoms with Crippen LogP contribution in [0, 0.1) is 5.92 Å². The number of fused-ring (bicyclic) bond motifs is 1. The summed E-state index contributed by atoms with van der Waals surface area (Å²) in [6.45, 7) is 4.17. The first-order valence-electron chi connectivity index (χ1n) is 5.72. The molecule has 1 aliphatic rings. The molecule has 1 atom stereocenters. The van der Waals surface area contributed by atoms with Gasteiger partial charge in [0.25, 0.3) is 0 Å². The number of pyridine rings is 1. The number of hydrogen-bond donors (Lipinski definition) is 2. The molecule has 92 valence electrons. The molecule has 0 saturated heterocycles. The van der Waals surface area contributed by atoms with E-state index in [0.717, 1.165) is 6.42 Å². The van der Waals surface area contributed by atoms with E-state index in [9.17, 15) is 4.79 Å². The Balaban J connectivity index is 2.22. The van der Waals surface area contributed by atoms with Gasteiger partial charge in [-0.15, -0.1) is 0 Å². The van der Waals surface area contributed by atoms with Gasteiger partial charge in [0.2, 0.25) is 11.8 Å². The van der Waals surface area contributed by atoms with Crippen molar-refractivity contribution < 1.29 is 9.53 Å². The summed E-state index contributed by atoms with van der Waals surface area (Å²) in [7, 11) is 1.57. The van der Waals surface area contributed by atoms with Gasteiger partial charge >= 0.3 is 0 Å². The van der Waals surface area contributed by atoms with Gasteiger partial charge in [-0.2, -0.15) is 4.98 Å². The second-order valence-corrected chi connectivity index (χ2v) is 4.57. The van der Waals surface area contributed by atoms with Crippen LogP contribution < -0.4 is 15.4 Å². The maximum atomic E-state index is 11.8. The molecule has 2 N–H and O–H groups in total. The molecule has 1 aromatic rings. The number of hydrogen-bond acceptors (Lipinski definition) is 4. The summed E-state index contributed by atoms with van der Waals surface area (Å²) in [4.78, 5) is 16.1. The highest BCUT2D eigenvalue weighted by Gasteiger charge is 2.26. The standard InChI is InChI=1S/C12H17N3O2/c1-7(2)6-9-12(16)14-8-4-5-10(17-3)15-11(8)13-9/h4-5,7,9H,6H2,1-3H3,(H,13,15)(H,14,16). The lowest BCUT2D eigenvalue weighted by molar-refractivity contribution is -0.117. The van der Waals surface area contributed by atoms with Crippen molar-refractivity contribution in [1.29, 1.82) is 0 Å². The van der Waals surface area contributed by atoms with Crippen molar-refractivity contribution in [2.24, 2.45) is 5.92 Å². The van der Waals surface area contributed by atoms with Crippen LogP contribution in [0.3, 0.4) is 0 Å². The third-order valence-electron chi connectivity index (χ3n) is 2.67. The molecule has 0 saturated carbocycles. The van der Waals surface area contributed by atoms with Crippen molar-refractivity contribution in [3.05, 3.63) is 12.1 Å². The molecule has 2 heterocycles. The molecule has 1 amide bonds. The van der Waals surface area contributed by atoms with Gasteiger partial charge in [-0.1, -0.05) is 13.8 Å². The molecular formula is C12H17N3O2. The Kier molecular flexibility index (Phi) is 3.17. The Hall–Kier alpha value is -1.78. The van der Waals surface area contributed by atoms with Crippen LogP contribution in [0.25, 0.3) is 0 Å². The smallest absolute Gasteiger partial charge is 0.247 e. The topological polar surface area (TPSA) is 63.2 Å². The predicted molar refractivity (Wildman–Crippen MR) is 66.3 cm³/mol. The number of amides is 1. The SMILES string of the molecule is COc1ccc2c(n1)NC(CC(C)C)C(=O)N2. The maximum Gasteiger partial charge on any atom is 0.247 e. The number of methoxy groups -OCH3 is 1. The Morgan fingerprint density at radius 3 is 2.88 bits per heavy atom. The van der Waals surface area contributed by atoms with Crippen LogP contribution in [-0.4, -0.2) is 24.0 Å². The number of anilines is 2. The normalized spacial score (nSPS) is 18.4. The zero-order valence-corrected chi connectivity index (χ0v) is 10.3. The van der Waals surface area contributed by atoms with Crippen LogP contribution in [0.15, 0.2) is 12.1 Å². The first-order chi connectivity index (χ1) is 8.10. The van der Waals surface area contributed by atoms with Crippen molar-refractivity contribution in [3.63, 3.8) is 0 Å². The fourth-order valence-corrected chi connectivity index (χ4v) is 1.85. The highest BCUT2D eigenvalue weighted by atomic mass is 16.5. The Bertz CT molecular complexity index is 432. The van der Waals surface area contributed by atoms with Gasteiger partial charge in [0, 0.05) is 6.07 Å². The molecule has 1 unspecified atom stereocenters. The Labute approximate surface area is 101 Å². The number of nitrogens with zero attached hydrogens (tertiary/aromatic N) is 1. The molecule has 0 aliphatic carbocycles. The fraction of sp³-hybridized carbons (Fsp3) is 0.500. The number of rotatable bonds is 3. The van der Waals surface area contributed by atoms with E-state index in [-0.39, 0.29) is 11.9 Å². The van der Waals surface area contributed by atoms with Gasteiger partial charge in [-0.25, -0.2) is 0 Å². The minimum atomic E-state index is -0.220. The Morgan fingerprint density at radius 1 is 1.47 bits per heavy atom. The summed E-state index contributed by atoms with van der Waals surface area (Å²) in [5, 5.41) is 6.00. The molecule has 17 heavy (non-hydrogen) atoms. The van der Waals surface area contributed by atoms with Gasteiger partial charge in [0.1, 0.15) is 6.04 Å². The van der Waals surface area contributed by atoms with Crippen LogP contribution >= 0.6 is 0 Å². The van der Waals surface area contributed by atoms with Crippen molar-refractivity contribution in [2.75, 3.05) is 17.7 Å². The first kappa shape index (κ1) is 11.7. The highest BCUT2D eigenvalue weighted by molar-refractivity contribution is 6.02. The van der Waals surface area contributed by atoms with Crippen molar-refractivity contribution in [3.8, 4) is 5.88 Å². The van der Waals surface area contributed by atoms with E-state index in [4.69, 9.17) is 4.74 Å². The van der Waals surface area contributed by atoms with Crippen molar-refractivity contribution in [1.82, 2.24) is 4.98 Å². The third-order valence-corrected chi connectivity index (χ3v) is 2.67. The van der Waals surface area contributed by atoms with E-state index in [2.05, 4.69) is 29.5 Å². The van der Waals surface area contributed by atoms with Gasteiger partial charge in [-0.3, -0.25) is 4.79 Å². The van der Waals surface area contributed by atoms with Crippen LogP contribution in [0.4, 0.5) is 11.5 Å². The second kappa shape index (κ2) is 4.61. The number of aromatic nitrogens is 1. The highest BCUT2D eigenvalue weighted by Crippen LogP contribution is 2.28. The number of carbonyl (C=O) groups is 1. The van der Waals surface area contributed by atoms with Crippen molar-refractivity contribution >= 4 is 17.4 Å². The molecule has 2 rings (SSSR count). The van der Waals surface area contributed by atoms with E-state index >= 15 is 0 Å². The van der Waals surface area contributed by atoms with Crippen molar-refractivity contribution in [2.45, 2.75) is 26.3 Å². The largest absolute Gasteiger partial charge is 0.481 e. The summed E-state index contributed by atoms with van der Waals surface area (Å²) >= 11 is 0. The monoisotopic (exact) mass is 235 g/mol. The summed E-state index contributed by atoms with van der Waals surface area (Å²) in [6, 6.07) is 3.29. The molecule has 5 nitrogen and oxygen atoms in total. The summed E-state index contributed by atoms with van der Waals surface area (Å²) in [5.41, 5.74) is 0.704. The zero-order chi connectivity index (χ0) is 12.4. The molecule has 1 aliphatic heterocycles. The van der Waals surface area contributed by atoms with E-state index in [0.29, 0.717) is 23.3 Å². The first-order valence-corrected chi connectivity index (χ1v) is 5.72. The van der Waals surface area contributed by atoms with Gasteiger partial charge in [0.05, 0.1) is 12.8 Å². The van der Waals surface area contributed by atoms with Crippen LogP contribution in [0.5, 0.6) is 5.88 Å². The van der Waals surface area contributed by atoms with E-state index < -0.39 is 0 Å². The molecule has 0 fully saturated rings. The third kappa shape index (κ3) is 2.49. The molecule has 1 aromatic heterocycles. The molecular weight excluding hydrogens is 218 g/mol. The van der Waals surface area contributed by atoms with E-state index in [1.807, 2.05) is 0 Å². The minimum absolute atomic E-state index is 0.00170. The van der Waals surface area contributed by atoms with E-state index in [1.165, 1.54) is 0 Å².